The van der Waals surface area contributed by atoms with E-state index < -0.39 is 12.1 Å². The zero-order valence-corrected chi connectivity index (χ0v) is 13.9. The van der Waals surface area contributed by atoms with Gasteiger partial charge in [0.1, 0.15) is 11.5 Å². The Morgan fingerprint density at radius 3 is 1.41 bits per heavy atom. The summed E-state index contributed by atoms with van der Waals surface area (Å²) in [6, 6.07) is 9.91. The molecule has 0 radical (unpaired) electrons. The standard InChI is InChI=1S/C16H18Cl2N2O2/c1-21-13-5-3-9(7-11(13)17)15(19)16(20)10-4-6-14(22-2)12(18)8-10/h3-8,15-16H,19-20H2,1-2H3. The van der Waals surface area contributed by atoms with Gasteiger partial charge in [-0.25, -0.2) is 0 Å². The Morgan fingerprint density at radius 1 is 0.773 bits per heavy atom. The molecule has 2 rings (SSSR count). The number of hydrogen-bond acceptors (Lipinski definition) is 4. The van der Waals surface area contributed by atoms with E-state index in [2.05, 4.69) is 0 Å². The van der Waals surface area contributed by atoms with Crippen molar-refractivity contribution in [3.8, 4) is 11.5 Å². The highest BCUT2D eigenvalue weighted by molar-refractivity contribution is 6.32. The molecule has 0 saturated heterocycles. The predicted molar refractivity (Wildman–Crippen MR) is 89.9 cm³/mol. The molecule has 2 unspecified atom stereocenters. The number of halogens is 2. The van der Waals surface area contributed by atoms with E-state index in [9.17, 15) is 0 Å². The first-order valence-corrected chi connectivity index (χ1v) is 7.41. The van der Waals surface area contributed by atoms with Gasteiger partial charge in [-0.15, -0.1) is 0 Å². The summed E-state index contributed by atoms with van der Waals surface area (Å²) in [6.45, 7) is 0. The summed E-state index contributed by atoms with van der Waals surface area (Å²) in [6.07, 6.45) is 0. The van der Waals surface area contributed by atoms with Gasteiger partial charge in [0.05, 0.1) is 24.3 Å². The van der Waals surface area contributed by atoms with E-state index in [0.29, 0.717) is 21.5 Å². The summed E-state index contributed by atoms with van der Waals surface area (Å²) in [5, 5.41) is 0.992. The number of ether oxygens (including phenoxy) is 2. The van der Waals surface area contributed by atoms with Crippen molar-refractivity contribution in [2.45, 2.75) is 12.1 Å². The molecule has 22 heavy (non-hydrogen) atoms. The smallest absolute Gasteiger partial charge is 0.137 e. The molecular formula is C16H18Cl2N2O2. The van der Waals surface area contributed by atoms with Crippen LogP contribution >= 0.6 is 23.2 Å². The van der Waals surface area contributed by atoms with Gasteiger partial charge in [0.15, 0.2) is 0 Å². The molecule has 0 aliphatic carbocycles. The van der Waals surface area contributed by atoms with Crippen LogP contribution in [0.1, 0.15) is 23.2 Å². The Morgan fingerprint density at radius 2 is 1.14 bits per heavy atom. The second-order valence-electron chi connectivity index (χ2n) is 4.84. The summed E-state index contributed by atoms with van der Waals surface area (Å²) in [5.74, 6) is 1.19. The average molecular weight is 341 g/mol. The normalized spacial score (nSPS) is 13.5. The molecule has 0 saturated carbocycles. The van der Waals surface area contributed by atoms with Crippen molar-refractivity contribution in [2.24, 2.45) is 11.5 Å². The predicted octanol–water partition coefficient (Wildman–Crippen LogP) is 3.71. The van der Waals surface area contributed by atoms with Crippen molar-refractivity contribution in [3.05, 3.63) is 57.6 Å². The summed E-state index contributed by atoms with van der Waals surface area (Å²) in [4.78, 5) is 0. The molecule has 2 aromatic rings. The van der Waals surface area contributed by atoms with Gasteiger partial charge in [-0.05, 0) is 35.4 Å². The van der Waals surface area contributed by atoms with E-state index in [0.717, 1.165) is 11.1 Å². The molecule has 118 valence electrons. The number of hydrogen-bond donors (Lipinski definition) is 2. The van der Waals surface area contributed by atoms with E-state index in [-0.39, 0.29) is 0 Å². The minimum absolute atomic E-state index is 0.423. The lowest BCUT2D eigenvalue weighted by molar-refractivity contribution is 0.414. The number of nitrogens with two attached hydrogens (primary N) is 2. The average Bonchev–Trinajstić information content (AvgIpc) is 2.53. The number of benzene rings is 2. The van der Waals surface area contributed by atoms with Crippen molar-refractivity contribution in [1.82, 2.24) is 0 Å². The quantitative estimate of drug-likeness (QED) is 0.870. The van der Waals surface area contributed by atoms with Crippen LogP contribution in [0.2, 0.25) is 10.0 Å². The fraction of sp³-hybridized carbons (Fsp3) is 0.250. The molecule has 6 heteroatoms. The van der Waals surface area contributed by atoms with Crippen LogP contribution in [0.25, 0.3) is 0 Å². The van der Waals surface area contributed by atoms with E-state index in [4.69, 9.17) is 44.1 Å². The maximum absolute atomic E-state index is 6.25. The molecule has 0 fully saturated rings. The lowest BCUT2D eigenvalue weighted by Gasteiger charge is -2.22. The summed E-state index contributed by atoms with van der Waals surface area (Å²) in [7, 11) is 3.12. The van der Waals surface area contributed by atoms with Gasteiger partial charge >= 0.3 is 0 Å². The second kappa shape index (κ2) is 7.20. The highest BCUT2D eigenvalue weighted by atomic mass is 35.5. The zero-order chi connectivity index (χ0) is 16.3. The van der Waals surface area contributed by atoms with E-state index in [1.807, 2.05) is 12.1 Å². The summed E-state index contributed by atoms with van der Waals surface area (Å²) in [5.41, 5.74) is 14.2. The zero-order valence-electron chi connectivity index (χ0n) is 12.3. The molecular weight excluding hydrogens is 323 g/mol. The van der Waals surface area contributed by atoms with Gasteiger partial charge in [0.2, 0.25) is 0 Å². The fourth-order valence-electron chi connectivity index (χ4n) is 2.19. The molecule has 2 aromatic carbocycles. The minimum atomic E-state index is -0.423. The first-order valence-electron chi connectivity index (χ1n) is 6.66. The van der Waals surface area contributed by atoms with Gasteiger partial charge in [-0.1, -0.05) is 35.3 Å². The summed E-state index contributed by atoms with van der Waals surface area (Å²) < 4.78 is 10.3. The van der Waals surface area contributed by atoms with Crippen molar-refractivity contribution in [3.63, 3.8) is 0 Å². The summed E-state index contributed by atoms with van der Waals surface area (Å²) >= 11 is 12.3. The lowest BCUT2D eigenvalue weighted by Crippen LogP contribution is -2.26. The number of rotatable bonds is 5. The maximum Gasteiger partial charge on any atom is 0.137 e. The van der Waals surface area contributed by atoms with Crippen LogP contribution in [0.15, 0.2) is 36.4 Å². The third-order valence-electron chi connectivity index (χ3n) is 3.51. The van der Waals surface area contributed by atoms with Crippen molar-refractivity contribution < 1.29 is 9.47 Å². The van der Waals surface area contributed by atoms with Crippen LogP contribution in [0.3, 0.4) is 0 Å². The first-order chi connectivity index (χ1) is 10.5. The molecule has 0 aromatic heterocycles. The first kappa shape index (κ1) is 16.9. The van der Waals surface area contributed by atoms with Crippen molar-refractivity contribution in [1.29, 1.82) is 0 Å². The Balaban J connectivity index is 2.26. The Labute approximate surface area is 139 Å². The Hall–Kier alpha value is -1.46. The molecule has 0 amide bonds. The molecule has 2 atom stereocenters. The van der Waals surface area contributed by atoms with Crippen molar-refractivity contribution in [2.75, 3.05) is 14.2 Å². The highest BCUT2D eigenvalue weighted by Crippen LogP contribution is 2.33. The Kier molecular flexibility index (Phi) is 5.53. The molecule has 4 N–H and O–H groups in total. The van der Waals surface area contributed by atoms with Crippen molar-refractivity contribution >= 4 is 23.2 Å². The minimum Gasteiger partial charge on any atom is -0.495 e. The Bertz CT molecular complexity index is 607. The molecule has 4 nitrogen and oxygen atoms in total. The fourth-order valence-corrected chi connectivity index (χ4v) is 2.73. The van der Waals surface area contributed by atoms with Crippen LogP contribution in [0.4, 0.5) is 0 Å². The van der Waals surface area contributed by atoms with Gasteiger partial charge in [0.25, 0.3) is 0 Å². The molecule has 0 bridgehead atoms. The largest absolute Gasteiger partial charge is 0.495 e. The van der Waals surface area contributed by atoms with Gasteiger partial charge < -0.3 is 20.9 Å². The van der Waals surface area contributed by atoms with Crippen LogP contribution in [0.5, 0.6) is 11.5 Å². The van der Waals surface area contributed by atoms with E-state index in [1.165, 1.54) is 0 Å². The molecule has 0 aliphatic rings. The SMILES string of the molecule is COc1ccc(C(N)C(N)c2ccc(OC)c(Cl)c2)cc1Cl. The number of methoxy groups -OCH3 is 2. The van der Waals surface area contributed by atoms with E-state index in [1.54, 1.807) is 38.5 Å². The third-order valence-corrected chi connectivity index (χ3v) is 4.10. The van der Waals surface area contributed by atoms with Crippen LogP contribution in [-0.4, -0.2) is 14.2 Å². The van der Waals surface area contributed by atoms with Crippen LogP contribution in [-0.2, 0) is 0 Å². The van der Waals surface area contributed by atoms with Gasteiger partial charge in [-0.3, -0.25) is 0 Å². The lowest BCUT2D eigenvalue weighted by atomic mass is 9.95. The van der Waals surface area contributed by atoms with Gasteiger partial charge in [-0.2, -0.15) is 0 Å². The highest BCUT2D eigenvalue weighted by Gasteiger charge is 2.19. The van der Waals surface area contributed by atoms with E-state index >= 15 is 0 Å². The topological polar surface area (TPSA) is 70.5 Å². The molecule has 0 heterocycles. The monoisotopic (exact) mass is 340 g/mol. The maximum atomic E-state index is 6.25. The molecule has 0 spiro atoms. The van der Waals surface area contributed by atoms with Crippen LogP contribution < -0.4 is 20.9 Å². The third kappa shape index (κ3) is 3.47. The second-order valence-corrected chi connectivity index (χ2v) is 5.65. The van der Waals surface area contributed by atoms with Crippen LogP contribution in [0, 0.1) is 0 Å². The molecule has 0 aliphatic heterocycles. The van der Waals surface area contributed by atoms with Gasteiger partial charge in [0, 0.05) is 12.1 Å².